The zero-order valence-corrected chi connectivity index (χ0v) is 10.3. The van der Waals surface area contributed by atoms with Crippen molar-refractivity contribution in [2.75, 3.05) is 7.11 Å². The van der Waals surface area contributed by atoms with Crippen LogP contribution < -0.4 is 0 Å². The summed E-state index contributed by atoms with van der Waals surface area (Å²) in [4.78, 5) is 11.1. The van der Waals surface area contributed by atoms with E-state index in [1.165, 1.54) is 0 Å². The van der Waals surface area contributed by atoms with Crippen molar-refractivity contribution in [1.29, 1.82) is 0 Å². The Morgan fingerprint density at radius 1 is 1.47 bits per heavy atom. The Labute approximate surface area is 92.7 Å². The lowest BCUT2D eigenvalue weighted by molar-refractivity contribution is -0.113. The van der Waals surface area contributed by atoms with Crippen molar-refractivity contribution in [1.82, 2.24) is 0 Å². The van der Waals surface area contributed by atoms with Gasteiger partial charge < -0.3 is 4.74 Å². The Hall–Kier alpha value is -1.07. The van der Waals surface area contributed by atoms with Crippen molar-refractivity contribution in [3.63, 3.8) is 0 Å². The molecule has 0 saturated heterocycles. The van der Waals surface area contributed by atoms with Gasteiger partial charge in [0.15, 0.2) is 5.78 Å². The number of ether oxygens (including phenoxy) is 1. The number of allylic oxidation sites excluding steroid dienone is 1. The summed E-state index contributed by atoms with van der Waals surface area (Å²) >= 11 is 0. The molecule has 0 aromatic rings. The van der Waals surface area contributed by atoms with E-state index in [1.807, 2.05) is 13.0 Å². The summed E-state index contributed by atoms with van der Waals surface area (Å²) in [5.74, 6) is 6.14. The molecular formula is C13H20O2. The molecule has 0 unspecified atom stereocenters. The second-order valence-electron chi connectivity index (χ2n) is 3.53. The van der Waals surface area contributed by atoms with Crippen LogP contribution in [0.2, 0.25) is 0 Å². The van der Waals surface area contributed by atoms with E-state index in [4.69, 9.17) is 4.74 Å². The molecule has 15 heavy (non-hydrogen) atoms. The zero-order chi connectivity index (χ0) is 11.8. The SMILES string of the molecule is CC#C[C@H](OC)[C@H](/C=C(/C)C(C)=O)CC. The van der Waals surface area contributed by atoms with Gasteiger partial charge in [0, 0.05) is 13.0 Å². The first-order valence-electron chi connectivity index (χ1n) is 5.21. The first-order valence-corrected chi connectivity index (χ1v) is 5.21. The standard InChI is InChI=1S/C13H20O2/c1-6-8-13(15-5)12(7-2)9-10(3)11(4)14/h9,12-13H,7H2,1-5H3/b10-9-/t12-,13-/m0/s1. The van der Waals surface area contributed by atoms with E-state index in [0.717, 1.165) is 12.0 Å². The molecule has 0 aliphatic rings. The molecule has 2 atom stereocenters. The molecule has 0 aromatic heterocycles. The van der Waals surface area contributed by atoms with Crippen LogP contribution in [0.5, 0.6) is 0 Å². The lowest BCUT2D eigenvalue weighted by Gasteiger charge is -2.17. The lowest BCUT2D eigenvalue weighted by Crippen LogP contribution is -2.19. The summed E-state index contributed by atoms with van der Waals surface area (Å²) in [7, 11) is 1.65. The molecule has 0 N–H and O–H groups in total. The van der Waals surface area contributed by atoms with Gasteiger partial charge in [-0.25, -0.2) is 0 Å². The summed E-state index contributed by atoms with van der Waals surface area (Å²) < 4.78 is 5.29. The van der Waals surface area contributed by atoms with Gasteiger partial charge in [-0.15, -0.1) is 5.92 Å². The minimum absolute atomic E-state index is 0.104. The molecule has 0 radical (unpaired) electrons. The van der Waals surface area contributed by atoms with Gasteiger partial charge in [0.1, 0.15) is 6.10 Å². The first-order chi connectivity index (χ1) is 7.06. The lowest BCUT2D eigenvalue weighted by atomic mass is 9.96. The second-order valence-corrected chi connectivity index (χ2v) is 3.53. The highest BCUT2D eigenvalue weighted by atomic mass is 16.5. The number of ketones is 1. The number of Topliss-reactive ketones (excluding diaryl/α,β-unsaturated/α-hetero) is 1. The van der Waals surface area contributed by atoms with Crippen LogP contribution in [-0.2, 0) is 9.53 Å². The van der Waals surface area contributed by atoms with Gasteiger partial charge in [-0.3, -0.25) is 4.79 Å². The predicted octanol–water partition coefficient (Wildman–Crippen LogP) is 2.59. The number of methoxy groups -OCH3 is 1. The van der Waals surface area contributed by atoms with Gasteiger partial charge >= 0.3 is 0 Å². The quantitative estimate of drug-likeness (QED) is 0.513. The summed E-state index contributed by atoms with van der Waals surface area (Å²) in [6.45, 7) is 7.27. The molecule has 2 nitrogen and oxygen atoms in total. The van der Waals surface area contributed by atoms with E-state index in [2.05, 4.69) is 18.8 Å². The minimum Gasteiger partial charge on any atom is -0.368 e. The van der Waals surface area contributed by atoms with E-state index in [1.54, 1.807) is 21.0 Å². The summed E-state index contributed by atoms with van der Waals surface area (Å²) in [5.41, 5.74) is 0.779. The third kappa shape index (κ3) is 4.80. The highest BCUT2D eigenvalue weighted by Crippen LogP contribution is 2.15. The van der Waals surface area contributed by atoms with Gasteiger partial charge in [-0.1, -0.05) is 18.9 Å². The molecule has 84 valence electrons. The van der Waals surface area contributed by atoms with Crippen LogP contribution in [0, 0.1) is 17.8 Å². The Kier molecular flexibility index (Phi) is 6.73. The zero-order valence-electron chi connectivity index (χ0n) is 10.3. The van der Waals surface area contributed by atoms with Crippen molar-refractivity contribution < 1.29 is 9.53 Å². The predicted molar refractivity (Wildman–Crippen MR) is 62.5 cm³/mol. The summed E-state index contributed by atoms with van der Waals surface area (Å²) in [5, 5.41) is 0. The van der Waals surface area contributed by atoms with Crippen molar-refractivity contribution >= 4 is 5.78 Å². The van der Waals surface area contributed by atoms with Crippen LogP contribution in [0.15, 0.2) is 11.6 Å². The molecule has 0 aromatic carbocycles. The second kappa shape index (κ2) is 7.25. The van der Waals surface area contributed by atoms with Gasteiger partial charge in [-0.2, -0.15) is 0 Å². The molecule has 0 rings (SSSR count). The van der Waals surface area contributed by atoms with Crippen molar-refractivity contribution in [2.45, 2.75) is 40.2 Å². The van der Waals surface area contributed by atoms with E-state index in [0.29, 0.717) is 0 Å². The fourth-order valence-electron chi connectivity index (χ4n) is 1.34. The largest absolute Gasteiger partial charge is 0.368 e. The average molecular weight is 208 g/mol. The third-order valence-electron chi connectivity index (χ3n) is 2.42. The number of hydrogen-bond donors (Lipinski definition) is 0. The van der Waals surface area contributed by atoms with Crippen LogP contribution in [0.3, 0.4) is 0 Å². The Balaban J connectivity index is 4.79. The summed E-state index contributed by atoms with van der Waals surface area (Å²) in [6, 6.07) is 0. The summed E-state index contributed by atoms with van der Waals surface area (Å²) in [6.07, 6.45) is 2.76. The molecular weight excluding hydrogens is 188 g/mol. The van der Waals surface area contributed by atoms with Gasteiger partial charge in [-0.05, 0) is 32.8 Å². The fourth-order valence-corrected chi connectivity index (χ4v) is 1.34. The Morgan fingerprint density at radius 3 is 2.40 bits per heavy atom. The van der Waals surface area contributed by atoms with Crippen molar-refractivity contribution in [3.8, 4) is 11.8 Å². The molecule has 2 heteroatoms. The molecule has 0 heterocycles. The topological polar surface area (TPSA) is 26.3 Å². The monoisotopic (exact) mass is 208 g/mol. The van der Waals surface area contributed by atoms with Gasteiger partial charge in [0.05, 0.1) is 0 Å². The first kappa shape index (κ1) is 13.9. The smallest absolute Gasteiger partial charge is 0.155 e. The van der Waals surface area contributed by atoms with Crippen LogP contribution in [0.1, 0.15) is 34.1 Å². The Morgan fingerprint density at radius 2 is 2.07 bits per heavy atom. The number of carbonyl (C=O) groups is 1. The molecule has 0 saturated carbocycles. The average Bonchev–Trinajstić information content (AvgIpc) is 2.22. The van der Waals surface area contributed by atoms with Crippen molar-refractivity contribution in [2.24, 2.45) is 5.92 Å². The molecule has 0 aliphatic heterocycles. The Bertz CT molecular complexity index is 291. The molecule has 0 amide bonds. The number of rotatable bonds is 5. The van der Waals surface area contributed by atoms with E-state index in [9.17, 15) is 4.79 Å². The highest BCUT2D eigenvalue weighted by molar-refractivity contribution is 5.92. The molecule has 0 bridgehead atoms. The van der Waals surface area contributed by atoms with E-state index in [-0.39, 0.29) is 17.8 Å². The number of hydrogen-bond acceptors (Lipinski definition) is 2. The molecule has 0 fully saturated rings. The maximum absolute atomic E-state index is 11.1. The molecule has 0 aliphatic carbocycles. The molecule has 0 spiro atoms. The number of carbonyl (C=O) groups excluding carboxylic acids is 1. The van der Waals surface area contributed by atoms with Crippen LogP contribution in [0.4, 0.5) is 0 Å². The van der Waals surface area contributed by atoms with Crippen LogP contribution in [0.25, 0.3) is 0 Å². The van der Waals surface area contributed by atoms with Crippen LogP contribution >= 0.6 is 0 Å². The van der Waals surface area contributed by atoms with Gasteiger partial charge in [0.25, 0.3) is 0 Å². The van der Waals surface area contributed by atoms with E-state index >= 15 is 0 Å². The maximum atomic E-state index is 11.1. The van der Waals surface area contributed by atoms with Crippen LogP contribution in [-0.4, -0.2) is 19.0 Å². The highest BCUT2D eigenvalue weighted by Gasteiger charge is 2.15. The van der Waals surface area contributed by atoms with Gasteiger partial charge in [0.2, 0.25) is 0 Å². The fraction of sp³-hybridized carbons (Fsp3) is 0.615. The van der Waals surface area contributed by atoms with Crippen molar-refractivity contribution in [3.05, 3.63) is 11.6 Å². The maximum Gasteiger partial charge on any atom is 0.155 e. The third-order valence-corrected chi connectivity index (χ3v) is 2.42. The normalized spacial score (nSPS) is 15.1. The minimum atomic E-state index is -0.116. The van der Waals surface area contributed by atoms with E-state index < -0.39 is 0 Å².